The van der Waals surface area contributed by atoms with Gasteiger partial charge in [-0.1, -0.05) is 59.8 Å². The van der Waals surface area contributed by atoms with Crippen LogP contribution >= 0.6 is 34.7 Å². The van der Waals surface area contributed by atoms with Crippen molar-refractivity contribution >= 4 is 34.7 Å². The van der Waals surface area contributed by atoms with Crippen LogP contribution in [0.1, 0.15) is 30.1 Å². The number of hydrogen-bond donors (Lipinski definition) is 0. The Kier molecular flexibility index (Phi) is 7.29. The first kappa shape index (κ1) is 22.6. The number of hydrogen-bond acceptors (Lipinski definition) is 6. The highest BCUT2D eigenvalue weighted by atomic mass is 35.5. The van der Waals surface area contributed by atoms with Crippen LogP contribution < -0.4 is 4.74 Å². The van der Waals surface area contributed by atoms with E-state index in [-0.39, 0.29) is 6.10 Å². The molecule has 0 aliphatic rings. The van der Waals surface area contributed by atoms with E-state index in [1.54, 1.807) is 29.2 Å². The summed E-state index contributed by atoms with van der Waals surface area (Å²) in [6.45, 7) is 8.54. The Morgan fingerprint density at radius 2 is 2.06 bits per heavy atom. The Morgan fingerprint density at radius 3 is 2.84 bits per heavy atom. The third-order valence-electron chi connectivity index (χ3n) is 4.81. The van der Waals surface area contributed by atoms with Crippen molar-refractivity contribution in [1.29, 1.82) is 0 Å². The summed E-state index contributed by atoms with van der Waals surface area (Å²) in [5.41, 5.74) is 3.43. The zero-order valence-corrected chi connectivity index (χ0v) is 20.3. The molecule has 0 fully saturated rings. The minimum atomic E-state index is -0.290. The van der Waals surface area contributed by atoms with Crippen LogP contribution in [-0.2, 0) is 12.3 Å². The minimum absolute atomic E-state index is 0.290. The molecule has 0 saturated carbocycles. The van der Waals surface area contributed by atoms with Crippen LogP contribution in [0.2, 0.25) is 5.02 Å². The zero-order chi connectivity index (χ0) is 22.5. The van der Waals surface area contributed by atoms with Crippen molar-refractivity contribution in [2.45, 2.75) is 37.4 Å². The summed E-state index contributed by atoms with van der Waals surface area (Å²) in [5, 5.41) is 13.4. The van der Waals surface area contributed by atoms with E-state index < -0.39 is 0 Å². The van der Waals surface area contributed by atoms with Crippen LogP contribution in [0, 0.1) is 6.92 Å². The molecule has 1 atom stereocenters. The van der Waals surface area contributed by atoms with Crippen LogP contribution in [-0.4, -0.2) is 19.7 Å². The second-order valence-electron chi connectivity index (χ2n) is 7.21. The van der Waals surface area contributed by atoms with E-state index in [1.807, 2.05) is 47.9 Å². The maximum Gasteiger partial charge on any atom is 0.192 e. The maximum absolute atomic E-state index is 6.07. The maximum atomic E-state index is 6.07. The summed E-state index contributed by atoms with van der Waals surface area (Å²) in [7, 11) is 0. The molecular weight excluding hydrogens is 460 g/mol. The van der Waals surface area contributed by atoms with E-state index in [2.05, 4.69) is 41.2 Å². The normalized spacial score (nSPS) is 12.0. The average molecular weight is 483 g/mol. The quantitative estimate of drug-likeness (QED) is 0.190. The molecule has 164 valence electrons. The van der Waals surface area contributed by atoms with Crippen molar-refractivity contribution in [1.82, 2.24) is 19.7 Å². The lowest BCUT2D eigenvalue weighted by Crippen LogP contribution is -2.12. The standard InChI is InChI=1S/C24H23ClN4OS2/c1-4-12-29-22(17(3)30-20-10-7-9-18(25)13-20)27-28-24(29)32-15-19-14-31-23(26-19)21-11-6-5-8-16(21)2/h4-11,13-14,17H,1,12,15H2,2-3H3. The molecule has 8 heteroatoms. The molecule has 0 N–H and O–H groups in total. The predicted molar refractivity (Wildman–Crippen MR) is 133 cm³/mol. The van der Waals surface area contributed by atoms with Crippen molar-refractivity contribution in [3.63, 3.8) is 0 Å². The Bertz CT molecular complexity index is 1220. The third-order valence-corrected chi connectivity index (χ3v) is 6.97. The lowest BCUT2D eigenvalue weighted by Gasteiger charge is -2.15. The molecule has 0 aliphatic heterocycles. The third kappa shape index (κ3) is 5.23. The van der Waals surface area contributed by atoms with Crippen molar-refractivity contribution in [2.75, 3.05) is 0 Å². The fourth-order valence-electron chi connectivity index (χ4n) is 3.25. The lowest BCUT2D eigenvalue weighted by atomic mass is 10.1. The number of ether oxygens (including phenoxy) is 1. The molecule has 0 radical (unpaired) electrons. The van der Waals surface area contributed by atoms with Crippen LogP contribution in [0.5, 0.6) is 5.75 Å². The van der Waals surface area contributed by atoms with Gasteiger partial charge in [0.05, 0.1) is 5.69 Å². The Morgan fingerprint density at radius 1 is 1.22 bits per heavy atom. The van der Waals surface area contributed by atoms with Gasteiger partial charge in [0.1, 0.15) is 10.8 Å². The summed E-state index contributed by atoms with van der Waals surface area (Å²) in [4.78, 5) is 4.82. The smallest absolute Gasteiger partial charge is 0.192 e. The highest BCUT2D eigenvalue weighted by molar-refractivity contribution is 7.98. The van der Waals surface area contributed by atoms with Gasteiger partial charge in [0, 0.05) is 28.3 Å². The molecule has 0 saturated heterocycles. The fraction of sp³-hybridized carbons (Fsp3) is 0.208. The van der Waals surface area contributed by atoms with Gasteiger partial charge < -0.3 is 4.74 Å². The van der Waals surface area contributed by atoms with Crippen molar-refractivity contribution in [3.8, 4) is 16.3 Å². The Labute approximate surface area is 201 Å². The first-order valence-electron chi connectivity index (χ1n) is 10.1. The number of aryl methyl sites for hydroxylation is 1. The summed E-state index contributed by atoms with van der Waals surface area (Å²) >= 11 is 9.35. The molecule has 0 aliphatic carbocycles. The van der Waals surface area contributed by atoms with Crippen molar-refractivity contribution in [3.05, 3.63) is 88.7 Å². The summed E-state index contributed by atoms with van der Waals surface area (Å²) in [6, 6.07) is 15.7. The van der Waals surface area contributed by atoms with Gasteiger partial charge in [0.2, 0.25) is 0 Å². The molecular formula is C24H23ClN4OS2. The molecule has 0 bridgehead atoms. The number of benzene rings is 2. The fourth-order valence-corrected chi connectivity index (χ4v) is 5.30. The van der Waals surface area contributed by atoms with Gasteiger partial charge >= 0.3 is 0 Å². The molecule has 4 aromatic rings. The molecule has 0 amide bonds. The molecule has 0 spiro atoms. The average Bonchev–Trinajstić information content (AvgIpc) is 3.40. The Hall–Kier alpha value is -2.61. The van der Waals surface area contributed by atoms with Gasteiger partial charge in [0.25, 0.3) is 0 Å². The monoisotopic (exact) mass is 482 g/mol. The van der Waals surface area contributed by atoms with E-state index >= 15 is 0 Å². The highest BCUT2D eigenvalue weighted by Gasteiger charge is 2.19. The van der Waals surface area contributed by atoms with Crippen LogP contribution in [0.25, 0.3) is 10.6 Å². The highest BCUT2D eigenvalue weighted by Crippen LogP contribution is 2.31. The van der Waals surface area contributed by atoms with E-state index in [4.69, 9.17) is 21.3 Å². The number of rotatable bonds is 9. The van der Waals surface area contributed by atoms with Crippen molar-refractivity contribution < 1.29 is 4.74 Å². The molecule has 1 unspecified atom stereocenters. The number of thiazole rings is 1. The summed E-state index contributed by atoms with van der Waals surface area (Å²) in [6.07, 6.45) is 1.55. The van der Waals surface area contributed by atoms with Gasteiger partial charge in [-0.3, -0.25) is 4.57 Å². The molecule has 32 heavy (non-hydrogen) atoms. The molecule has 2 aromatic heterocycles. The molecule has 5 nitrogen and oxygen atoms in total. The number of halogens is 1. The van der Waals surface area contributed by atoms with Gasteiger partial charge in [-0.05, 0) is 37.6 Å². The summed E-state index contributed by atoms with van der Waals surface area (Å²) in [5.74, 6) is 2.14. The van der Waals surface area contributed by atoms with Gasteiger partial charge in [-0.2, -0.15) is 0 Å². The van der Waals surface area contributed by atoms with Crippen LogP contribution in [0.3, 0.4) is 0 Å². The molecule has 4 rings (SSSR count). The van der Waals surface area contributed by atoms with E-state index in [0.29, 0.717) is 23.1 Å². The second-order valence-corrected chi connectivity index (χ2v) is 9.44. The lowest BCUT2D eigenvalue weighted by molar-refractivity contribution is 0.210. The first-order valence-corrected chi connectivity index (χ1v) is 12.4. The van der Waals surface area contributed by atoms with Crippen molar-refractivity contribution in [2.24, 2.45) is 0 Å². The Balaban J connectivity index is 1.48. The molecule has 2 aromatic carbocycles. The topological polar surface area (TPSA) is 52.8 Å². The SMILES string of the molecule is C=CCn1c(SCc2csc(-c3ccccc3C)n2)nnc1C(C)Oc1cccc(Cl)c1. The largest absolute Gasteiger partial charge is 0.483 e. The number of aromatic nitrogens is 4. The number of thioether (sulfide) groups is 1. The predicted octanol–water partition coefficient (Wildman–Crippen LogP) is 6.98. The number of nitrogens with zero attached hydrogens (tertiary/aromatic N) is 4. The number of allylic oxidation sites excluding steroid dienone is 1. The first-order chi connectivity index (χ1) is 15.5. The molecule has 2 heterocycles. The minimum Gasteiger partial charge on any atom is -0.483 e. The summed E-state index contributed by atoms with van der Waals surface area (Å²) < 4.78 is 8.08. The van der Waals surface area contributed by atoms with Gasteiger partial charge in [0.15, 0.2) is 17.1 Å². The van der Waals surface area contributed by atoms with E-state index in [0.717, 1.165) is 21.7 Å². The van der Waals surface area contributed by atoms with E-state index in [1.165, 1.54) is 11.1 Å². The van der Waals surface area contributed by atoms with Crippen LogP contribution in [0.15, 0.2) is 71.7 Å². The van der Waals surface area contributed by atoms with Gasteiger partial charge in [-0.25, -0.2) is 4.98 Å². The second kappa shape index (κ2) is 10.3. The zero-order valence-electron chi connectivity index (χ0n) is 17.9. The van der Waals surface area contributed by atoms with Gasteiger partial charge in [-0.15, -0.1) is 28.1 Å². The van der Waals surface area contributed by atoms with Crippen LogP contribution in [0.4, 0.5) is 0 Å². The van der Waals surface area contributed by atoms with E-state index in [9.17, 15) is 0 Å².